The lowest BCUT2D eigenvalue weighted by Crippen LogP contribution is -2.54. The minimum Gasteiger partial charge on any atom is -0.393 e. The highest BCUT2D eigenvalue weighted by Gasteiger charge is 2.61. The van der Waals surface area contributed by atoms with Gasteiger partial charge in [0, 0.05) is 10.4 Å². The summed E-state index contributed by atoms with van der Waals surface area (Å²) in [5.41, 5.74) is 2.58. The molecule has 4 saturated carbocycles. The Morgan fingerprint density at radius 2 is 1.72 bits per heavy atom. The molecule has 4 aliphatic rings. The number of fused-ring (bicyclic) bond motifs is 5. The molecule has 0 spiro atoms. The van der Waals surface area contributed by atoms with Crippen molar-refractivity contribution in [2.45, 2.75) is 77.4 Å². The Labute approximate surface area is 180 Å². The quantitative estimate of drug-likeness (QED) is 0.583. The van der Waals surface area contributed by atoms with Gasteiger partial charge in [0.25, 0.3) is 0 Å². The van der Waals surface area contributed by atoms with Gasteiger partial charge < -0.3 is 10.2 Å². The molecule has 1 aromatic carbocycles. The summed E-state index contributed by atoms with van der Waals surface area (Å²) in [6.07, 6.45) is 10.7. The minimum absolute atomic E-state index is 0.00830. The van der Waals surface area contributed by atoms with Gasteiger partial charge in [0.1, 0.15) is 0 Å². The van der Waals surface area contributed by atoms with Crippen LogP contribution in [0.5, 0.6) is 0 Å². The van der Waals surface area contributed by atoms with Gasteiger partial charge in [0.05, 0.1) is 12.2 Å². The zero-order chi connectivity index (χ0) is 20.4. The molecule has 2 N–H and O–H groups in total. The summed E-state index contributed by atoms with van der Waals surface area (Å²) in [5, 5.41) is 22.4. The van der Waals surface area contributed by atoms with E-state index >= 15 is 0 Å². The lowest BCUT2D eigenvalue weighted by atomic mass is 9.45. The van der Waals surface area contributed by atoms with Gasteiger partial charge >= 0.3 is 0 Å². The predicted molar refractivity (Wildman–Crippen MR) is 119 cm³/mol. The van der Waals surface area contributed by atoms with Gasteiger partial charge in [-0.2, -0.15) is 0 Å². The smallest absolute Gasteiger partial charge is 0.0809 e. The summed E-state index contributed by atoms with van der Waals surface area (Å²) in [5.74, 6) is 2.70. The molecule has 1 aromatic rings. The zero-order valence-corrected chi connectivity index (χ0v) is 18.5. The highest BCUT2D eigenvalue weighted by atomic mass is 35.5. The Hall–Kier alpha value is -0.830. The number of hydrogen-bond acceptors (Lipinski definition) is 2. The van der Waals surface area contributed by atoms with Crippen LogP contribution < -0.4 is 0 Å². The van der Waals surface area contributed by atoms with Crippen molar-refractivity contribution < 1.29 is 10.2 Å². The highest BCUT2D eigenvalue weighted by molar-refractivity contribution is 6.32. The van der Waals surface area contributed by atoms with Crippen LogP contribution in [0.25, 0.3) is 6.08 Å². The van der Waals surface area contributed by atoms with Gasteiger partial charge in [-0.05, 0) is 97.7 Å². The molecular weight excluding hydrogens is 380 g/mol. The molecule has 2 nitrogen and oxygen atoms in total. The fourth-order valence-electron chi connectivity index (χ4n) is 8.03. The monoisotopic (exact) mass is 414 g/mol. The standard InChI is InChI=1S/C26H35ClO2/c1-25-11-9-19(28)15-18(25)7-8-20-21(25)10-12-26(2)22(20)14-17(24(26)29)13-16-5-3-4-6-23(16)27/h3-6,13,18-22,24,28-29H,7-12,14-15H2,1-2H3/b17-13-/t18-,19-,20-,21+,22+,24-,25-,26+/m0/s1. The van der Waals surface area contributed by atoms with E-state index in [2.05, 4.69) is 26.0 Å². The first-order valence-electron chi connectivity index (χ1n) is 11.6. The van der Waals surface area contributed by atoms with Crippen LogP contribution in [0, 0.1) is 34.5 Å². The Kier molecular flexibility index (Phi) is 4.92. The summed E-state index contributed by atoms with van der Waals surface area (Å²) in [6, 6.07) is 7.96. The number of aliphatic hydroxyl groups is 2. The van der Waals surface area contributed by atoms with Crippen molar-refractivity contribution >= 4 is 17.7 Å². The van der Waals surface area contributed by atoms with Crippen LogP contribution in [0.2, 0.25) is 5.02 Å². The SMILES string of the molecule is C[C@]12CC[C@H](O)C[C@@H]1CC[C@H]1[C@H]2CC[C@]2(C)[C@@H]1C/C(=C/c1ccccc1Cl)[C@@H]2O. The summed E-state index contributed by atoms with van der Waals surface area (Å²) >= 11 is 6.41. The third-order valence-corrected chi connectivity index (χ3v) is 10.1. The highest BCUT2D eigenvalue weighted by Crippen LogP contribution is 2.67. The van der Waals surface area contributed by atoms with E-state index in [9.17, 15) is 10.2 Å². The number of hydrogen-bond donors (Lipinski definition) is 2. The molecule has 0 aromatic heterocycles. The van der Waals surface area contributed by atoms with E-state index < -0.39 is 0 Å². The fraction of sp³-hybridized carbons (Fsp3) is 0.692. The Balaban J connectivity index is 1.45. The molecule has 4 aliphatic carbocycles. The number of rotatable bonds is 1. The van der Waals surface area contributed by atoms with Gasteiger partial charge in [-0.25, -0.2) is 0 Å². The first kappa shape index (κ1) is 20.1. The van der Waals surface area contributed by atoms with E-state index in [0.29, 0.717) is 23.2 Å². The van der Waals surface area contributed by atoms with E-state index in [-0.39, 0.29) is 17.6 Å². The second-order valence-electron chi connectivity index (χ2n) is 11.0. The topological polar surface area (TPSA) is 40.5 Å². The van der Waals surface area contributed by atoms with Crippen molar-refractivity contribution in [3.63, 3.8) is 0 Å². The summed E-state index contributed by atoms with van der Waals surface area (Å²) in [6.45, 7) is 4.86. The number of benzene rings is 1. The van der Waals surface area contributed by atoms with Gasteiger partial charge in [0.15, 0.2) is 0 Å². The molecule has 0 heterocycles. The van der Waals surface area contributed by atoms with E-state index in [1.54, 1.807) is 0 Å². The Morgan fingerprint density at radius 3 is 2.52 bits per heavy atom. The lowest BCUT2D eigenvalue weighted by molar-refractivity contribution is -0.133. The molecule has 0 unspecified atom stereocenters. The van der Waals surface area contributed by atoms with Crippen LogP contribution in [-0.4, -0.2) is 22.4 Å². The van der Waals surface area contributed by atoms with Crippen molar-refractivity contribution in [1.82, 2.24) is 0 Å². The van der Waals surface area contributed by atoms with Crippen LogP contribution in [0.3, 0.4) is 0 Å². The molecule has 8 atom stereocenters. The van der Waals surface area contributed by atoms with Crippen LogP contribution in [0.1, 0.15) is 70.8 Å². The molecule has 0 aliphatic heterocycles. The maximum Gasteiger partial charge on any atom is 0.0809 e. The van der Waals surface area contributed by atoms with Crippen molar-refractivity contribution in [3.05, 3.63) is 40.4 Å². The predicted octanol–water partition coefficient (Wildman–Crippen LogP) is 6.10. The number of aliphatic hydroxyl groups excluding tert-OH is 2. The van der Waals surface area contributed by atoms with Crippen LogP contribution in [-0.2, 0) is 0 Å². The molecule has 4 fully saturated rings. The molecule has 0 amide bonds. The summed E-state index contributed by atoms with van der Waals surface area (Å²) in [7, 11) is 0. The Morgan fingerprint density at radius 1 is 0.966 bits per heavy atom. The van der Waals surface area contributed by atoms with Crippen LogP contribution in [0.4, 0.5) is 0 Å². The van der Waals surface area contributed by atoms with Gasteiger partial charge in [-0.15, -0.1) is 0 Å². The zero-order valence-electron chi connectivity index (χ0n) is 17.8. The third kappa shape index (κ3) is 3.05. The van der Waals surface area contributed by atoms with E-state index in [1.807, 2.05) is 18.2 Å². The van der Waals surface area contributed by atoms with Gasteiger partial charge in [-0.1, -0.05) is 49.7 Å². The van der Waals surface area contributed by atoms with Gasteiger partial charge in [0.2, 0.25) is 0 Å². The maximum atomic E-state index is 11.4. The number of halogens is 1. The molecule has 0 radical (unpaired) electrons. The molecule has 158 valence electrons. The molecule has 29 heavy (non-hydrogen) atoms. The van der Waals surface area contributed by atoms with Crippen molar-refractivity contribution in [2.75, 3.05) is 0 Å². The van der Waals surface area contributed by atoms with Crippen LogP contribution in [0.15, 0.2) is 29.8 Å². The molecular formula is C26H35ClO2. The maximum absolute atomic E-state index is 11.4. The Bertz CT molecular complexity index is 819. The molecule has 0 bridgehead atoms. The summed E-state index contributed by atoms with van der Waals surface area (Å²) in [4.78, 5) is 0. The van der Waals surface area contributed by atoms with E-state index in [0.717, 1.165) is 42.2 Å². The van der Waals surface area contributed by atoms with Gasteiger partial charge in [-0.3, -0.25) is 0 Å². The van der Waals surface area contributed by atoms with Crippen molar-refractivity contribution in [3.8, 4) is 0 Å². The largest absolute Gasteiger partial charge is 0.393 e. The van der Waals surface area contributed by atoms with Crippen LogP contribution >= 0.6 is 11.6 Å². The lowest BCUT2D eigenvalue weighted by Gasteiger charge is -2.60. The molecule has 0 saturated heterocycles. The van der Waals surface area contributed by atoms with Crippen molar-refractivity contribution in [1.29, 1.82) is 0 Å². The van der Waals surface area contributed by atoms with Crippen molar-refractivity contribution in [2.24, 2.45) is 34.5 Å². The third-order valence-electron chi connectivity index (χ3n) is 9.75. The van der Waals surface area contributed by atoms with E-state index in [4.69, 9.17) is 11.6 Å². The second-order valence-corrected chi connectivity index (χ2v) is 11.4. The summed E-state index contributed by atoms with van der Waals surface area (Å²) < 4.78 is 0. The average Bonchev–Trinajstić information content (AvgIpc) is 2.95. The van der Waals surface area contributed by atoms with E-state index in [1.165, 1.54) is 31.3 Å². The average molecular weight is 415 g/mol. The second kappa shape index (κ2) is 7.11. The first-order chi connectivity index (χ1) is 13.8. The molecule has 3 heteroatoms. The normalized spacial score (nSPS) is 48.1. The molecule has 5 rings (SSSR count). The fourth-order valence-corrected chi connectivity index (χ4v) is 8.22. The minimum atomic E-state index is -0.358. The first-order valence-corrected chi connectivity index (χ1v) is 12.0.